The van der Waals surface area contributed by atoms with Crippen molar-refractivity contribution in [1.82, 2.24) is 0 Å². The second kappa shape index (κ2) is 8.99. The molecule has 0 N–H and O–H groups in total. The van der Waals surface area contributed by atoms with Crippen molar-refractivity contribution in [2.45, 2.75) is 75.9 Å². The fraction of sp³-hybridized carbons (Fsp3) is 0.636. The second-order valence-electron chi connectivity index (χ2n) is 8.09. The number of hydrogen-bond donors (Lipinski definition) is 0. The summed E-state index contributed by atoms with van der Waals surface area (Å²) < 4.78 is 13.1. The van der Waals surface area contributed by atoms with E-state index in [0.29, 0.717) is 5.92 Å². The molecule has 2 fully saturated rings. The maximum Gasteiger partial charge on any atom is 0.123 e. The largest absolute Gasteiger partial charge is 0.207 e. The molecule has 24 heavy (non-hydrogen) atoms. The predicted octanol–water partition coefficient (Wildman–Crippen LogP) is 6.70. The first-order valence-electron chi connectivity index (χ1n) is 10.1. The van der Waals surface area contributed by atoms with Crippen molar-refractivity contribution in [3.05, 3.63) is 47.8 Å². The average molecular weight is 345 g/mol. The van der Waals surface area contributed by atoms with Gasteiger partial charge in [-0.05, 0) is 74.5 Å². The van der Waals surface area contributed by atoms with Crippen LogP contribution in [0.25, 0.3) is 0 Å². The van der Waals surface area contributed by atoms with Gasteiger partial charge in [-0.2, -0.15) is 0 Å². The smallest absolute Gasteiger partial charge is 0.123 e. The normalized spacial score (nSPS) is 31.4. The van der Waals surface area contributed by atoms with Crippen molar-refractivity contribution in [2.75, 3.05) is 0 Å². The van der Waals surface area contributed by atoms with E-state index < -0.39 is 8.80 Å². The zero-order valence-corrected chi connectivity index (χ0v) is 16.4. The van der Waals surface area contributed by atoms with Gasteiger partial charge in [0.1, 0.15) is 5.82 Å². The van der Waals surface area contributed by atoms with Crippen LogP contribution < -0.4 is 0 Å². The molecule has 2 aliphatic rings. The van der Waals surface area contributed by atoms with E-state index in [1.54, 1.807) is 24.2 Å². The molecule has 1 aliphatic heterocycles. The van der Waals surface area contributed by atoms with Crippen molar-refractivity contribution in [3.63, 3.8) is 0 Å². The van der Waals surface area contributed by atoms with E-state index in [2.05, 4.69) is 19.1 Å². The number of hydrogen-bond acceptors (Lipinski definition) is 0. The third-order valence-corrected chi connectivity index (χ3v) is 10.1. The lowest BCUT2D eigenvalue weighted by Crippen LogP contribution is -2.28. The molecule has 1 heterocycles. The molecule has 3 rings (SSSR count). The molecule has 0 amide bonds. The molecule has 0 atom stereocenters. The molecule has 1 saturated carbocycles. The Balaban J connectivity index is 1.42. The van der Waals surface area contributed by atoms with Crippen LogP contribution in [0.4, 0.5) is 4.39 Å². The molecule has 1 aliphatic carbocycles. The lowest BCUT2D eigenvalue weighted by atomic mass is 9.72. The summed E-state index contributed by atoms with van der Waals surface area (Å²) in [4.78, 5) is 0. The van der Waals surface area contributed by atoms with Crippen molar-refractivity contribution >= 4 is 8.80 Å². The van der Waals surface area contributed by atoms with Gasteiger partial charge in [0.2, 0.25) is 0 Å². The fourth-order valence-corrected chi connectivity index (χ4v) is 8.43. The molecule has 0 nitrogen and oxygen atoms in total. The Morgan fingerprint density at radius 2 is 1.58 bits per heavy atom. The van der Waals surface area contributed by atoms with Gasteiger partial charge in [0.25, 0.3) is 0 Å². The Kier molecular flexibility index (Phi) is 6.71. The average Bonchev–Trinajstić information content (AvgIpc) is 2.63. The Morgan fingerprint density at radius 1 is 0.958 bits per heavy atom. The van der Waals surface area contributed by atoms with E-state index in [1.807, 2.05) is 12.1 Å². The van der Waals surface area contributed by atoms with Crippen LogP contribution in [0.3, 0.4) is 0 Å². The van der Waals surface area contributed by atoms with Crippen LogP contribution >= 0.6 is 0 Å². The summed E-state index contributed by atoms with van der Waals surface area (Å²) in [5, 5.41) is 0. The zero-order chi connectivity index (χ0) is 16.8. The summed E-state index contributed by atoms with van der Waals surface area (Å²) in [5.41, 5.74) is 1.36. The van der Waals surface area contributed by atoms with Crippen molar-refractivity contribution in [3.8, 4) is 0 Å². The molecule has 0 radical (unpaired) electrons. The highest BCUT2D eigenvalue weighted by atomic mass is 28.3. The van der Waals surface area contributed by atoms with E-state index in [-0.39, 0.29) is 5.82 Å². The summed E-state index contributed by atoms with van der Waals surface area (Å²) in [5.74, 6) is 2.56. The second-order valence-corrected chi connectivity index (χ2v) is 11.6. The van der Waals surface area contributed by atoms with E-state index in [0.717, 1.165) is 11.8 Å². The Morgan fingerprint density at radius 3 is 2.21 bits per heavy atom. The lowest BCUT2D eigenvalue weighted by Gasteiger charge is -2.37. The van der Waals surface area contributed by atoms with Gasteiger partial charge in [-0.3, -0.25) is 0 Å². The zero-order valence-electron chi connectivity index (χ0n) is 15.2. The summed E-state index contributed by atoms with van der Waals surface area (Å²) in [6.45, 7) is 2.14. The molecule has 0 unspecified atom stereocenters. The molecular weight excluding hydrogens is 311 g/mol. The number of allylic oxidation sites excluding steroid dienone is 2. The topological polar surface area (TPSA) is 0 Å². The van der Waals surface area contributed by atoms with Crippen LogP contribution in [0.1, 0.15) is 63.4 Å². The summed E-state index contributed by atoms with van der Waals surface area (Å²) >= 11 is 0. The van der Waals surface area contributed by atoms with Crippen LogP contribution in [0, 0.1) is 17.7 Å². The van der Waals surface area contributed by atoms with E-state index in [1.165, 1.54) is 56.6 Å². The number of rotatable bonds is 5. The van der Waals surface area contributed by atoms with Gasteiger partial charge in [0.15, 0.2) is 0 Å². The quantitative estimate of drug-likeness (QED) is 0.411. The fourth-order valence-electron chi connectivity index (χ4n) is 5.11. The molecular formula is C22H33FSi. The SMILES string of the molecule is C/C=C/CC[SiH]1CCC([C@H]2CC[C@H](c3ccc(F)cc3)CC2)CC1. The van der Waals surface area contributed by atoms with Crippen LogP contribution in [0.15, 0.2) is 36.4 Å². The minimum absolute atomic E-state index is 0.109. The van der Waals surface area contributed by atoms with Gasteiger partial charge >= 0.3 is 0 Å². The summed E-state index contributed by atoms with van der Waals surface area (Å²) in [6.07, 6.45) is 14.4. The van der Waals surface area contributed by atoms with Gasteiger partial charge in [0, 0.05) is 8.80 Å². The first kappa shape index (κ1) is 17.9. The number of halogens is 1. The summed E-state index contributed by atoms with van der Waals surface area (Å²) in [6, 6.07) is 12.0. The highest BCUT2D eigenvalue weighted by Gasteiger charge is 2.31. The summed E-state index contributed by atoms with van der Waals surface area (Å²) in [7, 11) is -0.404. The first-order chi connectivity index (χ1) is 11.8. The third kappa shape index (κ3) is 4.81. The molecule has 1 aromatic carbocycles. The Bertz CT molecular complexity index is 505. The van der Waals surface area contributed by atoms with Crippen LogP contribution in [-0.2, 0) is 0 Å². The molecule has 0 bridgehead atoms. The Labute approximate surface area is 149 Å². The Hall–Kier alpha value is -0.893. The van der Waals surface area contributed by atoms with Crippen molar-refractivity contribution in [2.24, 2.45) is 11.8 Å². The van der Waals surface area contributed by atoms with Gasteiger partial charge < -0.3 is 0 Å². The van der Waals surface area contributed by atoms with Crippen LogP contribution in [0.5, 0.6) is 0 Å². The van der Waals surface area contributed by atoms with Crippen LogP contribution in [0.2, 0.25) is 18.1 Å². The first-order valence-corrected chi connectivity index (χ1v) is 12.6. The molecule has 2 heteroatoms. The van der Waals surface area contributed by atoms with Crippen molar-refractivity contribution in [1.29, 1.82) is 0 Å². The molecule has 132 valence electrons. The van der Waals surface area contributed by atoms with E-state index in [4.69, 9.17) is 0 Å². The third-order valence-electron chi connectivity index (χ3n) is 6.65. The minimum Gasteiger partial charge on any atom is -0.207 e. The van der Waals surface area contributed by atoms with Gasteiger partial charge in [-0.15, -0.1) is 0 Å². The van der Waals surface area contributed by atoms with Crippen molar-refractivity contribution < 1.29 is 4.39 Å². The highest BCUT2D eigenvalue weighted by molar-refractivity contribution is 6.59. The minimum atomic E-state index is -0.404. The monoisotopic (exact) mass is 344 g/mol. The van der Waals surface area contributed by atoms with E-state index in [9.17, 15) is 4.39 Å². The van der Waals surface area contributed by atoms with Crippen LogP contribution in [-0.4, -0.2) is 8.80 Å². The van der Waals surface area contributed by atoms with Gasteiger partial charge in [0.05, 0.1) is 0 Å². The molecule has 0 spiro atoms. The predicted molar refractivity (Wildman–Crippen MR) is 105 cm³/mol. The van der Waals surface area contributed by atoms with E-state index >= 15 is 0 Å². The van der Waals surface area contributed by atoms with Gasteiger partial charge in [-0.1, -0.05) is 55.3 Å². The highest BCUT2D eigenvalue weighted by Crippen LogP contribution is 2.43. The lowest BCUT2D eigenvalue weighted by molar-refractivity contribution is 0.216. The molecule has 1 saturated heterocycles. The molecule has 1 aromatic rings. The standard InChI is InChI=1S/C22H33FSi/c1-2-3-4-15-24-16-13-21(14-17-24)19-7-5-18(6-8-19)20-9-11-22(23)12-10-20/h2-3,9-12,18-19,21,24H,4-8,13-17H2,1H3/b3-2+/t18-,19-,21?,24?. The maximum atomic E-state index is 13.1. The number of benzene rings is 1. The van der Waals surface area contributed by atoms with Gasteiger partial charge in [-0.25, -0.2) is 4.39 Å². The maximum absolute atomic E-state index is 13.1. The molecule has 0 aromatic heterocycles.